The standard InChI is InChI=1S/C21H28ClN3O9P2/c22-21-23-15-6-11(4-5-14(15)20(24-21)25-7-12-2-1-3-13(12)8-25)19-18(27)17(26)16(34-19)9-33-36(31,32)10-35(28,29)30/h4-6,12-13,16-19,26-27H,1-3,7-10H2,(H,31,32)(H2,28,29,30)/t12?,13?,16-,17-,18-,19+/m1/s1. The van der Waals surface area contributed by atoms with Gasteiger partial charge in [-0.3, -0.25) is 9.13 Å². The van der Waals surface area contributed by atoms with E-state index in [1.165, 1.54) is 19.3 Å². The monoisotopic (exact) mass is 563 g/mol. The van der Waals surface area contributed by atoms with Crippen LogP contribution in [0.3, 0.4) is 0 Å². The van der Waals surface area contributed by atoms with Crippen LogP contribution in [0.2, 0.25) is 5.28 Å². The summed E-state index contributed by atoms with van der Waals surface area (Å²) < 4.78 is 33.4. The number of fused-ring (bicyclic) bond motifs is 2. The van der Waals surface area contributed by atoms with Gasteiger partial charge >= 0.3 is 15.2 Å². The normalized spacial score (nSPS) is 32.2. The molecule has 2 aromatic rings. The summed E-state index contributed by atoms with van der Waals surface area (Å²) >= 11 is 6.25. The smallest absolute Gasteiger partial charge is 0.340 e. The molecule has 0 spiro atoms. The van der Waals surface area contributed by atoms with Gasteiger partial charge in [-0.15, -0.1) is 0 Å². The quantitative estimate of drug-likeness (QED) is 0.244. The van der Waals surface area contributed by atoms with Crippen molar-refractivity contribution in [2.75, 3.05) is 30.5 Å². The zero-order chi connectivity index (χ0) is 25.8. The molecule has 3 fully saturated rings. The van der Waals surface area contributed by atoms with Gasteiger partial charge in [0.25, 0.3) is 0 Å². The van der Waals surface area contributed by atoms with E-state index >= 15 is 0 Å². The zero-order valence-corrected chi connectivity index (χ0v) is 21.7. The lowest BCUT2D eigenvalue weighted by Gasteiger charge is -2.21. The Balaban J connectivity index is 1.34. The Morgan fingerprint density at radius 2 is 1.78 bits per heavy atom. The molecular weight excluding hydrogens is 536 g/mol. The molecule has 2 saturated heterocycles. The van der Waals surface area contributed by atoms with Crippen LogP contribution in [0.25, 0.3) is 10.9 Å². The Morgan fingerprint density at radius 1 is 1.08 bits per heavy atom. The Labute approximate surface area is 211 Å². The molecule has 15 heteroatoms. The van der Waals surface area contributed by atoms with Crippen LogP contribution in [0, 0.1) is 11.8 Å². The summed E-state index contributed by atoms with van der Waals surface area (Å²) in [5.74, 6) is 0.716. The largest absolute Gasteiger partial charge is 0.387 e. The highest BCUT2D eigenvalue weighted by molar-refractivity contribution is 7.70. The Kier molecular flexibility index (Phi) is 7.24. The summed E-state index contributed by atoms with van der Waals surface area (Å²) in [5.41, 5.74) is 1.05. The number of anilines is 1. The summed E-state index contributed by atoms with van der Waals surface area (Å²) in [6.45, 7) is 1.19. The average Bonchev–Trinajstić information content (AvgIpc) is 3.45. The highest BCUT2D eigenvalue weighted by Crippen LogP contribution is 2.55. The fourth-order valence-corrected chi connectivity index (χ4v) is 8.29. The highest BCUT2D eigenvalue weighted by atomic mass is 35.5. The molecule has 1 aliphatic carbocycles. The van der Waals surface area contributed by atoms with Crippen LogP contribution in [0.4, 0.5) is 5.82 Å². The topological polar surface area (TPSA) is 183 Å². The number of aliphatic hydroxyl groups is 2. The van der Waals surface area contributed by atoms with Crippen LogP contribution in [0.15, 0.2) is 18.2 Å². The first kappa shape index (κ1) is 26.4. The van der Waals surface area contributed by atoms with Crippen LogP contribution < -0.4 is 4.90 Å². The number of ether oxygens (including phenoxy) is 1. The molecule has 2 aliphatic heterocycles. The van der Waals surface area contributed by atoms with Gasteiger partial charge in [-0.25, -0.2) is 4.98 Å². The maximum Gasteiger partial charge on any atom is 0.340 e. The summed E-state index contributed by atoms with van der Waals surface area (Å²) in [4.78, 5) is 38.6. The second kappa shape index (κ2) is 9.85. The van der Waals surface area contributed by atoms with E-state index < -0.39 is 52.1 Å². The summed E-state index contributed by atoms with van der Waals surface area (Å²) in [5, 5.41) is 21.9. The van der Waals surface area contributed by atoms with Crippen molar-refractivity contribution in [3.63, 3.8) is 0 Å². The highest BCUT2D eigenvalue weighted by Gasteiger charge is 2.45. The van der Waals surface area contributed by atoms with Crippen molar-refractivity contribution in [3.8, 4) is 0 Å². The van der Waals surface area contributed by atoms with E-state index in [4.69, 9.17) is 30.6 Å². The molecule has 1 saturated carbocycles. The van der Waals surface area contributed by atoms with E-state index in [1.807, 2.05) is 6.07 Å². The van der Waals surface area contributed by atoms with Gasteiger partial charge in [0.05, 0.1) is 12.1 Å². The molecule has 1 aromatic carbocycles. The number of nitrogens with zero attached hydrogens (tertiary/aromatic N) is 3. The van der Waals surface area contributed by atoms with Gasteiger partial charge in [-0.2, -0.15) is 4.98 Å². The van der Waals surface area contributed by atoms with E-state index in [1.54, 1.807) is 12.1 Å². The maximum absolute atomic E-state index is 11.9. The second-order valence-corrected chi connectivity index (χ2v) is 14.1. The van der Waals surface area contributed by atoms with E-state index in [9.17, 15) is 24.2 Å². The lowest BCUT2D eigenvalue weighted by Crippen LogP contribution is -2.33. The van der Waals surface area contributed by atoms with Crippen LogP contribution in [0.5, 0.6) is 0 Å². The fraction of sp³-hybridized carbons (Fsp3) is 0.619. The lowest BCUT2D eigenvalue weighted by molar-refractivity contribution is -0.0186. The van der Waals surface area contributed by atoms with Crippen LogP contribution in [0.1, 0.15) is 30.9 Å². The van der Waals surface area contributed by atoms with Crippen molar-refractivity contribution >= 4 is 43.5 Å². The minimum atomic E-state index is -4.80. The SMILES string of the molecule is O=P(O)(O)CP(=O)(O)OC[C@H]1O[C@@H](c2ccc3c(N4CC5CCCC5C4)nc(Cl)nc3c2)[C@H](O)[C@@H]1O. The Bertz CT molecular complexity index is 1230. The van der Waals surface area contributed by atoms with Gasteiger partial charge in [0, 0.05) is 18.5 Å². The van der Waals surface area contributed by atoms with Gasteiger partial charge in [-0.1, -0.05) is 12.5 Å². The van der Waals surface area contributed by atoms with Crippen molar-refractivity contribution in [1.29, 1.82) is 0 Å². The number of hydrogen-bond acceptors (Lipinski definition) is 9. The molecule has 5 rings (SSSR count). The van der Waals surface area contributed by atoms with Gasteiger partial charge < -0.3 is 39.1 Å². The molecule has 1 aromatic heterocycles. The number of hydrogen-bond donors (Lipinski definition) is 5. The van der Waals surface area contributed by atoms with Crippen LogP contribution in [-0.4, -0.2) is 78.8 Å². The molecule has 3 heterocycles. The first-order chi connectivity index (χ1) is 16.9. The minimum absolute atomic E-state index is 0.0923. The summed E-state index contributed by atoms with van der Waals surface area (Å²) in [7, 11) is -9.44. The third kappa shape index (κ3) is 5.49. The molecule has 3 aliphatic rings. The van der Waals surface area contributed by atoms with Crippen LogP contribution >= 0.6 is 26.8 Å². The predicted molar refractivity (Wildman–Crippen MR) is 130 cm³/mol. The maximum atomic E-state index is 11.9. The molecule has 3 unspecified atom stereocenters. The van der Waals surface area contributed by atoms with E-state index in [-0.39, 0.29) is 5.28 Å². The van der Waals surface area contributed by atoms with Gasteiger partial charge in [0.15, 0.2) is 5.90 Å². The molecule has 198 valence electrons. The van der Waals surface area contributed by atoms with Crippen molar-refractivity contribution in [2.45, 2.75) is 43.7 Å². The minimum Gasteiger partial charge on any atom is -0.387 e. The van der Waals surface area contributed by atoms with E-state index in [2.05, 4.69) is 14.9 Å². The number of halogens is 1. The van der Waals surface area contributed by atoms with Crippen molar-refractivity contribution in [3.05, 3.63) is 29.0 Å². The Morgan fingerprint density at radius 3 is 2.44 bits per heavy atom. The first-order valence-corrected chi connectivity index (χ1v) is 15.6. The van der Waals surface area contributed by atoms with Gasteiger partial charge in [0.2, 0.25) is 5.28 Å². The lowest BCUT2D eigenvalue weighted by atomic mass is 10.0. The molecular formula is C21H28ClN3O9P2. The van der Waals surface area contributed by atoms with Crippen molar-refractivity contribution in [1.82, 2.24) is 9.97 Å². The second-order valence-electron chi connectivity index (χ2n) is 9.76. The summed E-state index contributed by atoms with van der Waals surface area (Å²) in [6.07, 6.45) is -1.35. The number of rotatable bonds is 7. The molecule has 0 bridgehead atoms. The molecule has 0 radical (unpaired) electrons. The third-order valence-corrected chi connectivity index (χ3v) is 10.8. The Hall–Kier alpha value is -1.17. The van der Waals surface area contributed by atoms with Gasteiger partial charge in [-0.05, 0) is 54.0 Å². The van der Waals surface area contributed by atoms with Crippen LogP contribution in [-0.2, 0) is 18.4 Å². The number of aliphatic hydroxyl groups excluding tert-OH is 2. The van der Waals surface area contributed by atoms with Gasteiger partial charge in [0.1, 0.15) is 30.2 Å². The molecule has 7 atom stereocenters. The van der Waals surface area contributed by atoms with E-state index in [0.29, 0.717) is 22.9 Å². The summed E-state index contributed by atoms with van der Waals surface area (Å²) in [6, 6.07) is 5.24. The fourth-order valence-electron chi connectivity index (χ4n) is 5.55. The van der Waals surface area contributed by atoms with E-state index in [0.717, 1.165) is 24.3 Å². The zero-order valence-electron chi connectivity index (χ0n) is 19.1. The number of benzene rings is 1. The van der Waals surface area contributed by atoms with Crippen molar-refractivity contribution < 1.29 is 43.3 Å². The molecule has 5 N–H and O–H groups in total. The first-order valence-electron chi connectivity index (χ1n) is 11.6. The average molecular weight is 564 g/mol. The third-order valence-electron chi connectivity index (χ3n) is 7.19. The van der Waals surface area contributed by atoms with Crippen molar-refractivity contribution in [2.24, 2.45) is 11.8 Å². The predicted octanol–water partition coefficient (Wildman–Crippen LogP) is 2.02. The molecule has 0 amide bonds. The number of aromatic nitrogens is 2. The molecule has 36 heavy (non-hydrogen) atoms. The molecule has 12 nitrogen and oxygen atoms in total.